The Morgan fingerprint density at radius 1 is 1.43 bits per heavy atom. The van der Waals surface area contributed by atoms with Crippen LogP contribution in [0.25, 0.3) is 0 Å². The largest absolute Gasteiger partial charge is 0.490 e. The number of nitrogens with zero attached hydrogens (tertiary/aromatic N) is 3. The third-order valence-electron chi connectivity index (χ3n) is 4.31. The van der Waals surface area contributed by atoms with Crippen molar-refractivity contribution in [1.82, 2.24) is 9.88 Å². The van der Waals surface area contributed by atoms with Crippen molar-refractivity contribution in [3.63, 3.8) is 0 Å². The lowest BCUT2D eigenvalue weighted by Crippen LogP contribution is -2.55. The van der Waals surface area contributed by atoms with Gasteiger partial charge in [-0.05, 0) is 13.8 Å². The molecule has 3 rings (SSSR count). The molecule has 0 saturated carbocycles. The Morgan fingerprint density at radius 3 is 2.95 bits per heavy atom. The Balaban J connectivity index is 1.93. The summed E-state index contributed by atoms with van der Waals surface area (Å²) >= 11 is 6.16. The van der Waals surface area contributed by atoms with Crippen LogP contribution in [0.4, 0.5) is 5.82 Å². The first-order valence-corrected chi connectivity index (χ1v) is 7.86. The van der Waals surface area contributed by atoms with Gasteiger partial charge in [-0.25, -0.2) is 0 Å². The second-order valence-electron chi connectivity index (χ2n) is 5.87. The van der Waals surface area contributed by atoms with Crippen molar-refractivity contribution >= 4 is 17.4 Å². The molecule has 1 aromatic heterocycles. The van der Waals surface area contributed by atoms with Gasteiger partial charge in [-0.1, -0.05) is 11.6 Å². The average Bonchev–Trinajstić information content (AvgIpc) is 2.64. The minimum atomic E-state index is 0.431. The van der Waals surface area contributed by atoms with Crippen molar-refractivity contribution in [3.8, 4) is 11.6 Å². The van der Waals surface area contributed by atoms with E-state index in [9.17, 15) is 0 Å². The number of rotatable bonds is 2. The second kappa shape index (κ2) is 5.89. The summed E-state index contributed by atoms with van der Waals surface area (Å²) in [6.07, 6.45) is 1.000. The molecule has 6 heteroatoms. The molecule has 0 N–H and O–H groups in total. The summed E-state index contributed by atoms with van der Waals surface area (Å²) in [4.78, 5) is 9.43. The predicted octanol–water partition coefficient (Wildman–Crippen LogP) is 2.43. The van der Waals surface area contributed by atoms with E-state index in [-0.39, 0.29) is 0 Å². The van der Waals surface area contributed by atoms with E-state index in [1.807, 2.05) is 6.07 Å². The molecule has 1 saturated heterocycles. The maximum Gasteiger partial charge on any atom is 0.234 e. The Kier molecular flexibility index (Phi) is 4.13. The Bertz CT molecular complexity index is 524. The van der Waals surface area contributed by atoms with Crippen molar-refractivity contribution in [2.75, 3.05) is 38.3 Å². The Hall–Kier alpha value is -1.20. The van der Waals surface area contributed by atoms with Crippen LogP contribution >= 0.6 is 11.6 Å². The summed E-state index contributed by atoms with van der Waals surface area (Å²) in [7, 11) is 1.59. The molecule has 1 fully saturated rings. The molecule has 3 heterocycles. The summed E-state index contributed by atoms with van der Waals surface area (Å²) in [5, 5.41) is 0.496. The SMILES string of the molecule is COc1nc2c(cc1Cl)OCCC1CN(C(C)C)CCN21. The molecule has 2 aliphatic rings. The zero-order chi connectivity index (χ0) is 15.0. The maximum atomic E-state index is 6.16. The van der Waals surface area contributed by atoms with Crippen molar-refractivity contribution < 1.29 is 9.47 Å². The minimum absolute atomic E-state index is 0.431. The van der Waals surface area contributed by atoms with Gasteiger partial charge < -0.3 is 14.4 Å². The van der Waals surface area contributed by atoms with Gasteiger partial charge in [-0.15, -0.1) is 0 Å². The molecule has 21 heavy (non-hydrogen) atoms. The van der Waals surface area contributed by atoms with Crippen LogP contribution in [0.5, 0.6) is 11.6 Å². The van der Waals surface area contributed by atoms with Crippen molar-refractivity contribution in [1.29, 1.82) is 0 Å². The molecule has 0 bridgehead atoms. The van der Waals surface area contributed by atoms with E-state index in [2.05, 4.69) is 28.6 Å². The van der Waals surface area contributed by atoms with E-state index in [0.29, 0.717) is 29.6 Å². The van der Waals surface area contributed by atoms with Gasteiger partial charge in [0.25, 0.3) is 0 Å². The number of anilines is 1. The van der Waals surface area contributed by atoms with Gasteiger partial charge in [0, 0.05) is 44.2 Å². The first-order chi connectivity index (χ1) is 10.1. The van der Waals surface area contributed by atoms with E-state index in [1.165, 1.54) is 0 Å². The van der Waals surface area contributed by atoms with Gasteiger partial charge in [0.05, 0.1) is 13.7 Å². The number of hydrogen-bond donors (Lipinski definition) is 0. The topological polar surface area (TPSA) is 37.8 Å². The summed E-state index contributed by atoms with van der Waals surface area (Å²) in [6, 6.07) is 2.82. The van der Waals surface area contributed by atoms with Crippen LogP contribution in [0.1, 0.15) is 20.3 Å². The molecule has 0 aliphatic carbocycles. The summed E-state index contributed by atoms with van der Waals surface area (Å²) < 4.78 is 11.1. The molecule has 1 unspecified atom stereocenters. The Morgan fingerprint density at radius 2 is 2.24 bits per heavy atom. The van der Waals surface area contributed by atoms with E-state index in [0.717, 1.165) is 37.6 Å². The highest BCUT2D eigenvalue weighted by molar-refractivity contribution is 6.32. The summed E-state index contributed by atoms with van der Waals surface area (Å²) in [6.45, 7) is 8.24. The minimum Gasteiger partial charge on any atom is -0.490 e. The van der Waals surface area contributed by atoms with Gasteiger partial charge in [0.15, 0.2) is 11.6 Å². The molecular formula is C15H22ClN3O2. The number of methoxy groups -OCH3 is 1. The third-order valence-corrected chi connectivity index (χ3v) is 4.58. The summed E-state index contributed by atoms with van der Waals surface area (Å²) in [5.74, 6) is 2.09. The fraction of sp³-hybridized carbons (Fsp3) is 0.667. The average molecular weight is 312 g/mol. The molecular weight excluding hydrogens is 290 g/mol. The highest BCUT2D eigenvalue weighted by Gasteiger charge is 2.33. The number of piperazine rings is 1. The Labute approximate surface area is 130 Å². The number of hydrogen-bond acceptors (Lipinski definition) is 5. The van der Waals surface area contributed by atoms with Crippen molar-refractivity contribution in [2.45, 2.75) is 32.4 Å². The van der Waals surface area contributed by atoms with E-state index in [4.69, 9.17) is 21.1 Å². The van der Waals surface area contributed by atoms with Crippen LogP contribution in [0.2, 0.25) is 5.02 Å². The predicted molar refractivity (Wildman–Crippen MR) is 83.8 cm³/mol. The molecule has 0 aromatic carbocycles. The normalized spacial score (nSPS) is 22.3. The molecule has 116 valence electrons. The smallest absolute Gasteiger partial charge is 0.234 e. The van der Waals surface area contributed by atoms with E-state index >= 15 is 0 Å². The zero-order valence-corrected chi connectivity index (χ0v) is 13.6. The van der Waals surface area contributed by atoms with Gasteiger partial charge in [-0.2, -0.15) is 4.98 Å². The summed E-state index contributed by atoms with van der Waals surface area (Å²) in [5.41, 5.74) is 0. The van der Waals surface area contributed by atoms with Crippen molar-refractivity contribution in [3.05, 3.63) is 11.1 Å². The maximum absolute atomic E-state index is 6.16. The van der Waals surface area contributed by atoms with Gasteiger partial charge in [-0.3, -0.25) is 4.90 Å². The first-order valence-electron chi connectivity index (χ1n) is 7.48. The van der Waals surface area contributed by atoms with Crippen LogP contribution in [0.3, 0.4) is 0 Å². The molecule has 5 nitrogen and oxygen atoms in total. The number of aromatic nitrogens is 1. The van der Waals surface area contributed by atoms with Crippen LogP contribution in [0.15, 0.2) is 6.07 Å². The van der Waals surface area contributed by atoms with Gasteiger partial charge in [0.1, 0.15) is 5.02 Å². The molecule has 0 spiro atoms. The molecule has 2 aliphatic heterocycles. The zero-order valence-electron chi connectivity index (χ0n) is 12.8. The molecule has 0 amide bonds. The lowest BCUT2D eigenvalue weighted by atomic mass is 10.1. The standard InChI is InChI=1S/C15H22ClN3O2/c1-10(2)18-5-6-19-11(9-18)4-7-21-13-8-12(16)15(20-3)17-14(13)19/h8,10-11H,4-7,9H2,1-3H3. The fourth-order valence-corrected chi connectivity index (χ4v) is 3.30. The highest BCUT2D eigenvalue weighted by atomic mass is 35.5. The second-order valence-corrected chi connectivity index (χ2v) is 6.28. The van der Waals surface area contributed by atoms with Gasteiger partial charge >= 0.3 is 0 Å². The van der Waals surface area contributed by atoms with Crippen LogP contribution in [-0.2, 0) is 0 Å². The lowest BCUT2D eigenvalue weighted by molar-refractivity contribution is 0.172. The van der Waals surface area contributed by atoms with Crippen LogP contribution in [-0.4, -0.2) is 55.3 Å². The fourth-order valence-electron chi connectivity index (χ4n) is 3.08. The molecule has 1 aromatic rings. The quantitative estimate of drug-likeness (QED) is 0.838. The number of ether oxygens (including phenoxy) is 2. The number of pyridine rings is 1. The van der Waals surface area contributed by atoms with Crippen molar-refractivity contribution in [2.24, 2.45) is 0 Å². The van der Waals surface area contributed by atoms with E-state index in [1.54, 1.807) is 7.11 Å². The first kappa shape index (κ1) is 14.7. The van der Waals surface area contributed by atoms with E-state index < -0.39 is 0 Å². The number of fused-ring (bicyclic) bond motifs is 3. The molecule has 0 radical (unpaired) electrons. The van der Waals surface area contributed by atoms with Gasteiger partial charge in [0.2, 0.25) is 5.88 Å². The van der Waals surface area contributed by atoms with Crippen LogP contribution < -0.4 is 14.4 Å². The monoisotopic (exact) mass is 311 g/mol. The third kappa shape index (κ3) is 2.77. The molecule has 1 atom stereocenters. The highest BCUT2D eigenvalue weighted by Crippen LogP contribution is 2.38. The van der Waals surface area contributed by atoms with Crippen LogP contribution in [0, 0.1) is 0 Å². The lowest BCUT2D eigenvalue weighted by Gasteiger charge is -2.42. The number of halogens is 1.